The van der Waals surface area contributed by atoms with Gasteiger partial charge in [-0.1, -0.05) is 0 Å². The Labute approximate surface area is 127 Å². The van der Waals surface area contributed by atoms with E-state index in [9.17, 15) is 14.0 Å². The number of nitrogens with one attached hydrogen (secondary N) is 1. The van der Waals surface area contributed by atoms with E-state index in [4.69, 9.17) is 11.0 Å². The molecule has 7 heteroatoms. The maximum Gasteiger partial charge on any atom is 0.251 e. The number of primary amides is 1. The van der Waals surface area contributed by atoms with Crippen LogP contribution in [0, 0.1) is 11.3 Å². The minimum atomic E-state index is -1.02. The maximum absolute atomic E-state index is 13.5. The first-order valence-electron chi connectivity index (χ1n) is 6.94. The first-order valence-corrected chi connectivity index (χ1v) is 6.94. The van der Waals surface area contributed by atoms with Crippen molar-refractivity contribution in [2.75, 3.05) is 19.6 Å². The Morgan fingerprint density at radius 2 is 2.09 bits per heavy atom. The number of nitriles is 1. The number of likely N-dealkylation sites (tertiary alicyclic amines) is 1. The molecule has 2 rings (SSSR count). The third-order valence-corrected chi connectivity index (χ3v) is 3.61. The molecular weight excluding hydrogens is 287 g/mol. The van der Waals surface area contributed by atoms with Crippen LogP contribution in [0.3, 0.4) is 0 Å². The highest BCUT2D eigenvalue weighted by molar-refractivity contribution is 5.94. The normalized spacial score (nSPS) is 21.3. The minimum Gasteiger partial charge on any atom is -0.369 e. The molecule has 2 atom stereocenters. The number of benzene rings is 1. The lowest BCUT2D eigenvalue weighted by Crippen LogP contribution is -2.43. The van der Waals surface area contributed by atoms with Crippen molar-refractivity contribution in [3.05, 3.63) is 35.4 Å². The lowest BCUT2D eigenvalue weighted by molar-refractivity contribution is -0.119. The number of hydrogen-bond acceptors (Lipinski definition) is 4. The van der Waals surface area contributed by atoms with Gasteiger partial charge in [0.05, 0.1) is 18.2 Å². The SMILES string of the molecule is N#Cc1ccc(C(=O)NC[C@@H]2C[C@H](F)CN2CC(N)=O)cc1. The molecule has 0 saturated carbocycles. The van der Waals surface area contributed by atoms with E-state index in [-0.39, 0.29) is 38.0 Å². The van der Waals surface area contributed by atoms with E-state index in [1.807, 2.05) is 6.07 Å². The summed E-state index contributed by atoms with van der Waals surface area (Å²) in [7, 11) is 0. The van der Waals surface area contributed by atoms with E-state index >= 15 is 0 Å². The quantitative estimate of drug-likeness (QED) is 0.811. The predicted molar refractivity (Wildman–Crippen MR) is 77.6 cm³/mol. The average Bonchev–Trinajstić information content (AvgIpc) is 2.83. The van der Waals surface area contributed by atoms with Gasteiger partial charge in [0, 0.05) is 24.7 Å². The molecule has 2 amide bonds. The summed E-state index contributed by atoms with van der Waals surface area (Å²) < 4.78 is 13.5. The zero-order valence-electron chi connectivity index (χ0n) is 12.0. The van der Waals surface area contributed by atoms with Crippen LogP contribution in [0.15, 0.2) is 24.3 Å². The zero-order valence-corrected chi connectivity index (χ0v) is 12.0. The van der Waals surface area contributed by atoms with Crippen LogP contribution < -0.4 is 11.1 Å². The monoisotopic (exact) mass is 304 g/mol. The molecular formula is C15H17FN4O2. The van der Waals surface area contributed by atoms with Crippen LogP contribution in [0.1, 0.15) is 22.3 Å². The molecule has 116 valence electrons. The summed E-state index contributed by atoms with van der Waals surface area (Å²) >= 11 is 0. The predicted octanol–water partition coefficient (Wildman–Crippen LogP) is 0.186. The van der Waals surface area contributed by atoms with Gasteiger partial charge in [0.25, 0.3) is 5.91 Å². The number of rotatable bonds is 5. The molecule has 1 aromatic rings. The molecule has 0 spiro atoms. The fourth-order valence-electron chi connectivity index (χ4n) is 2.54. The third-order valence-electron chi connectivity index (χ3n) is 3.61. The van der Waals surface area contributed by atoms with Crippen molar-refractivity contribution in [1.29, 1.82) is 5.26 Å². The summed E-state index contributed by atoms with van der Waals surface area (Å²) in [6.45, 7) is 0.380. The number of carbonyl (C=O) groups excluding carboxylic acids is 2. The van der Waals surface area contributed by atoms with Crippen LogP contribution in [0.4, 0.5) is 4.39 Å². The van der Waals surface area contributed by atoms with Gasteiger partial charge in [0.15, 0.2) is 0 Å². The van der Waals surface area contributed by atoms with Gasteiger partial charge in [-0.3, -0.25) is 14.5 Å². The Morgan fingerprint density at radius 3 is 2.68 bits per heavy atom. The van der Waals surface area contributed by atoms with Crippen molar-refractivity contribution < 1.29 is 14.0 Å². The number of nitrogens with two attached hydrogens (primary N) is 1. The van der Waals surface area contributed by atoms with Crippen LogP contribution in [-0.4, -0.2) is 48.6 Å². The number of alkyl halides is 1. The second-order valence-electron chi connectivity index (χ2n) is 5.28. The van der Waals surface area contributed by atoms with Gasteiger partial charge in [0.2, 0.25) is 5.91 Å². The summed E-state index contributed by atoms with van der Waals surface area (Å²) in [6.07, 6.45) is -0.753. The highest BCUT2D eigenvalue weighted by atomic mass is 19.1. The van der Waals surface area contributed by atoms with Crippen LogP contribution in [0.25, 0.3) is 0 Å². The molecule has 6 nitrogen and oxygen atoms in total. The summed E-state index contributed by atoms with van der Waals surface area (Å²) in [5.74, 6) is -0.816. The zero-order chi connectivity index (χ0) is 16.1. The molecule has 3 N–H and O–H groups in total. The van der Waals surface area contributed by atoms with Gasteiger partial charge in [-0.25, -0.2) is 4.39 Å². The van der Waals surface area contributed by atoms with Gasteiger partial charge in [0.1, 0.15) is 6.17 Å². The van der Waals surface area contributed by atoms with Crippen LogP contribution in [0.2, 0.25) is 0 Å². The fraction of sp³-hybridized carbons (Fsp3) is 0.400. The molecule has 1 saturated heterocycles. The van der Waals surface area contributed by atoms with E-state index in [1.54, 1.807) is 29.2 Å². The summed E-state index contributed by atoms with van der Waals surface area (Å²) in [5, 5.41) is 11.4. The van der Waals surface area contributed by atoms with E-state index in [0.717, 1.165) is 0 Å². The van der Waals surface area contributed by atoms with Gasteiger partial charge >= 0.3 is 0 Å². The third kappa shape index (κ3) is 4.02. The fourth-order valence-corrected chi connectivity index (χ4v) is 2.54. The molecule has 1 aromatic carbocycles. The number of hydrogen-bond donors (Lipinski definition) is 2. The minimum absolute atomic E-state index is 0.0160. The topological polar surface area (TPSA) is 99.2 Å². The Bertz CT molecular complexity index is 597. The van der Waals surface area contributed by atoms with Crippen molar-refractivity contribution in [1.82, 2.24) is 10.2 Å². The summed E-state index contributed by atoms with van der Waals surface area (Å²) in [4.78, 5) is 24.6. The van der Waals surface area contributed by atoms with Gasteiger partial charge in [-0.2, -0.15) is 5.26 Å². The standard InChI is InChI=1S/C15H17FN4O2/c16-12-5-13(20(8-12)9-14(18)21)7-19-15(22)11-3-1-10(6-17)2-4-11/h1-4,12-13H,5,7-9H2,(H2,18,21)(H,19,22)/t12-,13-/m0/s1. The van der Waals surface area contributed by atoms with Crippen LogP contribution >= 0.6 is 0 Å². The van der Waals surface area contributed by atoms with Gasteiger partial charge < -0.3 is 11.1 Å². The number of nitrogens with zero attached hydrogens (tertiary/aromatic N) is 2. The van der Waals surface area contributed by atoms with E-state index < -0.39 is 12.1 Å². The van der Waals surface area contributed by atoms with Crippen molar-refractivity contribution in [3.8, 4) is 6.07 Å². The molecule has 1 heterocycles. The maximum atomic E-state index is 13.5. The van der Waals surface area contributed by atoms with Crippen molar-refractivity contribution in [2.45, 2.75) is 18.6 Å². The van der Waals surface area contributed by atoms with E-state index in [1.165, 1.54) is 0 Å². The first-order chi connectivity index (χ1) is 10.5. The summed E-state index contributed by atoms with van der Waals surface area (Å²) in [6, 6.07) is 7.96. The molecule has 0 radical (unpaired) electrons. The Hall–Kier alpha value is -2.46. The van der Waals surface area contributed by atoms with E-state index in [0.29, 0.717) is 11.1 Å². The summed E-state index contributed by atoms with van der Waals surface area (Å²) in [5.41, 5.74) is 6.04. The van der Waals surface area contributed by atoms with Crippen LogP contribution in [0.5, 0.6) is 0 Å². The largest absolute Gasteiger partial charge is 0.369 e. The molecule has 0 unspecified atom stereocenters. The highest BCUT2D eigenvalue weighted by Gasteiger charge is 2.32. The van der Waals surface area contributed by atoms with Crippen LogP contribution in [-0.2, 0) is 4.79 Å². The molecule has 0 aromatic heterocycles. The molecule has 0 bridgehead atoms. The smallest absolute Gasteiger partial charge is 0.251 e. The number of amides is 2. The second kappa shape index (κ2) is 7.00. The second-order valence-corrected chi connectivity index (χ2v) is 5.28. The lowest BCUT2D eigenvalue weighted by atomic mass is 10.1. The van der Waals surface area contributed by atoms with Gasteiger partial charge in [-0.15, -0.1) is 0 Å². The Morgan fingerprint density at radius 1 is 1.41 bits per heavy atom. The average molecular weight is 304 g/mol. The molecule has 22 heavy (non-hydrogen) atoms. The number of halogens is 1. The number of carbonyl (C=O) groups is 2. The Kier molecular flexibility index (Phi) is 5.07. The molecule has 1 aliphatic rings. The highest BCUT2D eigenvalue weighted by Crippen LogP contribution is 2.19. The first kappa shape index (κ1) is 15.9. The molecule has 1 aliphatic heterocycles. The Balaban J connectivity index is 1.91. The molecule has 1 fully saturated rings. The van der Waals surface area contributed by atoms with E-state index in [2.05, 4.69) is 5.32 Å². The van der Waals surface area contributed by atoms with Crippen molar-refractivity contribution in [2.24, 2.45) is 5.73 Å². The molecule has 0 aliphatic carbocycles. The lowest BCUT2D eigenvalue weighted by Gasteiger charge is -2.22. The van der Waals surface area contributed by atoms with Gasteiger partial charge in [-0.05, 0) is 30.7 Å². The van der Waals surface area contributed by atoms with Crippen molar-refractivity contribution in [3.63, 3.8) is 0 Å². The van der Waals surface area contributed by atoms with Crippen molar-refractivity contribution >= 4 is 11.8 Å².